The Balaban J connectivity index is 1.85. The Morgan fingerprint density at radius 3 is 2.71 bits per heavy atom. The maximum absolute atomic E-state index is 7.57. The molecular weight excluding hydrogens is 176 g/mol. The first-order valence-electron chi connectivity index (χ1n) is 4.88. The summed E-state index contributed by atoms with van der Waals surface area (Å²) in [5.41, 5.74) is 1.15. The van der Waals surface area contributed by atoms with Crippen molar-refractivity contribution in [3.63, 3.8) is 0 Å². The van der Waals surface area contributed by atoms with E-state index in [0.717, 1.165) is 24.9 Å². The molecule has 0 radical (unpaired) electrons. The Bertz CT molecular complexity index is 310. The van der Waals surface area contributed by atoms with Gasteiger partial charge in [0.2, 0.25) is 0 Å². The summed E-state index contributed by atoms with van der Waals surface area (Å²) < 4.78 is 0. The standard InChI is InChI=1S/C11H14N2O/c12-11-7-4-8-13(11)14-9-10-5-2-1-3-6-10/h1-3,5-6,12H,4,7-9H2. The summed E-state index contributed by atoms with van der Waals surface area (Å²) in [6.07, 6.45) is 1.88. The number of amidine groups is 1. The van der Waals surface area contributed by atoms with E-state index in [-0.39, 0.29) is 0 Å². The second-order valence-corrected chi connectivity index (χ2v) is 3.41. The van der Waals surface area contributed by atoms with Gasteiger partial charge in [0.25, 0.3) is 0 Å². The van der Waals surface area contributed by atoms with Crippen LogP contribution in [-0.4, -0.2) is 17.4 Å². The van der Waals surface area contributed by atoms with Crippen molar-refractivity contribution in [2.75, 3.05) is 6.54 Å². The molecule has 0 spiro atoms. The first kappa shape index (κ1) is 9.21. The lowest BCUT2D eigenvalue weighted by molar-refractivity contribution is -0.104. The average Bonchev–Trinajstić information content (AvgIpc) is 2.63. The Labute approximate surface area is 83.8 Å². The molecule has 2 rings (SSSR count). The second kappa shape index (κ2) is 4.24. The largest absolute Gasteiger partial charge is 0.287 e. The van der Waals surface area contributed by atoms with Crippen LogP contribution in [0, 0.1) is 5.41 Å². The SMILES string of the molecule is N=C1CCCN1OCc1ccccc1. The van der Waals surface area contributed by atoms with E-state index < -0.39 is 0 Å². The van der Waals surface area contributed by atoms with Crippen LogP contribution in [0.2, 0.25) is 0 Å². The molecule has 3 nitrogen and oxygen atoms in total. The van der Waals surface area contributed by atoms with Crippen LogP contribution in [0.3, 0.4) is 0 Å². The van der Waals surface area contributed by atoms with Gasteiger partial charge in [0.05, 0.1) is 6.61 Å². The third kappa shape index (κ3) is 2.12. The minimum absolute atomic E-state index is 0.559. The van der Waals surface area contributed by atoms with Crippen LogP contribution in [0.15, 0.2) is 30.3 Å². The molecule has 0 aliphatic carbocycles. The zero-order valence-electron chi connectivity index (χ0n) is 8.07. The van der Waals surface area contributed by atoms with Crippen molar-refractivity contribution in [2.24, 2.45) is 0 Å². The lowest BCUT2D eigenvalue weighted by Crippen LogP contribution is -2.24. The van der Waals surface area contributed by atoms with Gasteiger partial charge in [-0.1, -0.05) is 30.3 Å². The quantitative estimate of drug-likeness (QED) is 0.793. The number of hydrogen-bond donors (Lipinski definition) is 1. The van der Waals surface area contributed by atoms with Crippen molar-refractivity contribution in [1.29, 1.82) is 5.41 Å². The predicted octanol–water partition coefficient (Wildman–Crippen LogP) is 2.19. The second-order valence-electron chi connectivity index (χ2n) is 3.41. The van der Waals surface area contributed by atoms with Crippen molar-refractivity contribution in [3.8, 4) is 0 Å². The first-order valence-corrected chi connectivity index (χ1v) is 4.88. The van der Waals surface area contributed by atoms with E-state index in [2.05, 4.69) is 0 Å². The van der Waals surface area contributed by atoms with Crippen molar-refractivity contribution in [3.05, 3.63) is 35.9 Å². The fraction of sp³-hybridized carbons (Fsp3) is 0.364. The number of rotatable bonds is 3. The maximum Gasteiger partial charge on any atom is 0.121 e. The molecule has 0 aromatic heterocycles. The van der Waals surface area contributed by atoms with E-state index >= 15 is 0 Å². The van der Waals surface area contributed by atoms with E-state index in [1.165, 1.54) is 0 Å². The lowest BCUT2D eigenvalue weighted by atomic mass is 10.2. The molecule has 3 heteroatoms. The van der Waals surface area contributed by atoms with Crippen molar-refractivity contribution < 1.29 is 4.84 Å². The van der Waals surface area contributed by atoms with Crippen LogP contribution >= 0.6 is 0 Å². The van der Waals surface area contributed by atoms with Crippen LogP contribution in [0.5, 0.6) is 0 Å². The highest BCUT2D eigenvalue weighted by Crippen LogP contribution is 2.12. The van der Waals surface area contributed by atoms with E-state index in [0.29, 0.717) is 12.4 Å². The zero-order valence-corrected chi connectivity index (χ0v) is 8.07. The third-order valence-corrected chi connectivity index (χ3v) is 2.31. The summed E-state index contributed by atoms with van der Waals surface area (Å²) in [5.74, 6) is 0.598. The van der Waals surface area contributed by atoms with Crippen LogP contribution in [0.4, 0.5) is 0 Å². The summed E-state index contributed by atoms with van der Waals surface area (Å²) in [7, 11) is 0. The van der Waals surface area contributed by atoms with Crippen LogP contribution in [0.1, 0.15) is 18.4 Å². The minimum atomic E-state index is 0.559. The number of benzene rings is 1. The highest BCUT2D eigenvalue weighted by molar-refractivity contribution is 5.79. The molecule has 1 aliphatic heterocycles. The lowest BCUT2D eigenvalue weighted by Gasteiger charge is -2.16. The number of nitrogens with one attached hydrogen (secondary N) is 1. The first-order chi connectivity index (χ1) is 6.86. The van der Waals surface area contributed by atoms with Crippen LogP contribution in [0.25, 0.3) is 0 Å². The number of hydrogen-bond acceptors (Lipinski definition) is 2. The van der Waals surface area contributed by atoms with Gasteiger partial charge in [-0.2, -0.15) is 0 Å². The van der Waals surface area contributed by atoms with E-state index in [1.54, 1.807) is 5.06 Å². The van der Waals surface area contributed by atoms with Gasteiger partial charge >= 0.3 is 0 Å². The van der Waals surface area contributed by atoms with Gasteiger partial charge in [0.1, 0.15) is 5.84 Å². The Morgan fingerprint density at radius 2 is 2.07 bits per heavy atom. The molecule has 0 unspecified atom stereocenters. The van der Waals surface area contributed by atoms with Crippen molar-refractivity contribution >= 4 is 5.84 Å². The van der Waals surface area contributed by atoms with Gasteiger partial charge < -0.3 is 0 Å². The monoisotopic (exact) mass is 190 g/mol. The summed E-state index contributed by atoms with van der Waals surface area (Å²) in [6.45, 7) is 1.41. The predicted molar refractivity (Wildman–Crippen MR) is 54.9 cm³/mol. The molecular formula is C11H14N2O. The van der Waals surface area contributed by atoms with Gasteiger partial charge in [-0.3, -0.25) is 10.2 Å². The topological polar surface area (TPSA) is 36.3 Å². The summed E-state index contributed by atoms with van der Waals surface area (Å²) in [4.78, 5) is 5.51. The fourth-order valence-corrected chi connectivity index (χ4v) is 1.52. The third-order valence-electron chi connectivity index (χ3n) is 2.31. The molecule has 0 bridgehead atoms. The molecule has 1 aromatic carbocycles. The van der Waals surface area contributed by atoms with E-state index in [4.69, 9.17) is 10.2 Å². The fourth-order valence-electron chi connectivity index (χ4n) is 1.52. The zero-order chi connectivity index (χ0) is 9.80. The van der Waals surface area contributed by atoms with E-state index in [1.807, 2.05) is 30.3 Å². The highest BCUT2D eigenvalue weighted by Gasteiger charge is 2.17. The molecule has 1 fully saturated rings. The molecule has 74 valence electrons. The molecule has 1 N–H and O–H groups in total. The molecule has 0 atom stereocenters. The minimum Gasteiger partial charge on any atom is -0.287 e. The van der Waals surface area contributed by atoms with Gasteiger partial charge in [-0.15, -0.1) is 0 Å². The molecule has 1 aromatic rings. The molecule has 1 aliphatic rings. The molecule has 1 heterocycles. The summed E-state index contributed by atoms with van der Waals surface area (Å²) in [5, 5.41) is 9.26. The van der Waals surface area contributed by atoms with Gasteiger partial charge in [0, 0.05) is 13.0 Å². The normalized spacial score (nSPS) is 16.3. The Morgan fingerprint density at radius 1 is 1.29 bits per heavy atom. The van der Waals surface area contributed by atoms with Crippen molar-refractivity contribution in [1.82, 2.24) is 5.06 Å². The molecule has 14 heavy (non-hydrogen) atoms. The van der Waals surface area contributed by atoms with Crippen LogP contribution < -0.4 is 0 Å². The molecule has 1 saturated heterocycles. The Hall–Kier alpha value is -1.35. The molecule has 0 amide bonds. The molecule has 0 saturated carbocycles. The number of hydroxylamine groups is 2. The summed E-state index contributed by atoms with van der Waals surface area (Å²) >= 11 is 0. The van der Waals surface area contributed by atoms with Gasteiger partial charge in [-0.05, 0) is 12.0 Å². The Kier molecular flexibility index (Phi) is 2.79. The van der Waals surface area contributed by atoms with Gasteiger partial charge in [0.15, 0.2) is 0 Å². The highest BCUT2D eigenvalue weighted by atomic mass is 16.7. The van der Waals surface area contributed by atoms with Crippen LogP contribution in [-0.2, 0) is 11.4 Å². The number of nitrogens with zero attached hydrogens (tertiary/aromatic N) is 1. The smallest absolute Gasteiger partial charge is 0.121 e. The van der Waals surface area contributed by atoms with E-state index in [9.17, 15) is 0 Å². The van der Waals surface area contributed by atoms with Gasteiger partial charge in [-0.25, -0.2) is 5.06 Å². The maximum atomic E-state index is 7.57. The summed E-state index contributed by atoms with van der Waals surface area (Å²) in [6, 6.07) is 10.0. The average molecular weight is 190 g/mol. The van der Waals surface area contributed by atoms with Crippen molar-refractivity contribution in [2.45, 2.75) is 19.4 Å².